The number of hydrazone groups is 1. The molecule has 2 aliphatic heterocycles. The smallest absolute Gasteiger partial charge is 0.301 e. The third kappa shape index (κ3) is 3.95. The zero-order valence-corrected chi connectivity index (χ0v) is 18.6. The molecular weight excluding hydrogens is 440 g/mol. The average Bonchev–Trinajstić information content (AvgIpc) is 3.24. The van der Waals surface area contributed by atoms with Gasteiger partial charge in [0, 0.05) is 12.5 Å². The van der Waals surface area contributed by atoms with Crippen molar-refractivity contribution in [2.45, 2.75) is 49.9 Å². The summed E-state index contributed by atoms with van der Waals surface area (Å²) < 4.78 is 12.5. The van der Waals surface area contributed by atoms with E-state index < -0.39 is 26.9 Å². The highest BCUT2D eigenvalue weighted by Crippen LogP contribution is 2.53. The summed E-state index contributed by atoms with van der Waals surface area (Å²) in [5, 5.41) is 27.0. The lowest BCUT2D eigenvalue weighted by molar-refractivity contribution is -0.393. The number of anilines is 1. The van der Waals surface area contributed by atoms with Crippen molar-refractivity contribution in [3.63, 3.8) is 0 Å². The Morgan fingerprint density at radius 1 is 1.09 bits per heavy atom. The highest BCUT2D eigenvalue weighted by molar-refractivity contribution is 6.04. The number of hydrogen-bond acceptors (Lipinski definition) is 8. The summed E-state index contributed by atoms with van der Waals surface area (Å²) in [5.41, 5.74) is 4.40. The third-order valence-electron chi connectivity index (χ3n) is 6.73. The molecule has 1 N–H and O–H groups in total. The van der Waals surface area contributed by atoms with Crippen molar-refractivity contribution >= 4 is 22.8 Å². The first-order valence-corrected chi connectivity index (χ1v) is 11.2. The Balaban J connectivity index is 1.44. The SMILES string of the molecule is Cc1ccc(C2CC3(C2)O[C@@]2(C=C/C3=N\Nc3ccc([N+](=O)[O-])cc3[N+](=O)[O-])CCCO2)cc1. The molecule has 5 rings (SSSR count). The van der Waals surface area contributed by atoms with Crippen LogP contribution in [-0.4, -0.2) is 33.6 Å². The molecule has 0 bridgehead atoms. The summed E-state index contributed by atoms with van der Waals surface area (Å²) in [7, 11) is 0. The van der Waals surface area contributed by atoms with Gasteiger partial charge in [-0.1, -0.05) is 29.8 Å². The van der Waals surface area contributed by atoms with E-state index in [9.17, 15) is 20.2 Å². The molecule has 2 spiro atoms. The number of nitrogens with zero attached hydrogens (tertiary/aromatic N) is 3. The van der Waals surface area contributed by atoms with Gasteiger partial charge in [0.2, 0.25) is 0 Å². The Morgan fingerprint density at radius 2 is 1.85 bits per heavy atom. The Kier molecular flexibility index (Phi) is 5.41. The minimum Gasteiger partial charge on any atom is -0.346 e. The van der Waals surface area contributed by atoms with Gasteiger partial charge in [-0.05, 0) is 55.9 Å². The Morgan fingerprint density at radius 3 is 2.50 bits per heavy atom. The first-order valence-electron chi connectivity index (χ1n) is 11.2. The molecule has 10 nitrogen and oxygen atoms in total. The van der Waals surface area contributed by atoms with Crippen LogP contribution in [0.2, 0.25) is 0 Å². The number of nitrogens with one attached hydrogen (secondary N) is 1. The fraction of sp³-hybridized carbons (Fsp3) is 0.375. The van der Waals surface area contributed by atoms with Gasteiger partial charge < -0.3 is 9.47 Å². The van der Waals surface area contributed by atoms with E-state index in [2.05, 4.69) is 41.7 Å². The second kappa shape index (κ2) is 8.30. The average molecular weight is 464 g/mol. The van der Waals surface area contributed by atoms with Gasteiger partial charge in [-0.3, -0.25) is 25.7 Å². The second-order valence-electron chi connectivity index (χ2n) is 9.03. The number of ether oxygens (including phenoxy) is 2. The standard InChI is InChI=1S/C24H24N4O6/c1-16-3-5-17(6-4-16)18-14-23(15-18)22(9-11-24(34-23)10-2-12-33-24)26-25-20-8-7-19(27(29)30)13-21(20)28(31)32/h3-9,11,13,18,25H,2,10,12,14-15H2,1H3/b26-22+/t18?,23?,24-/m1/s1. The highest BCUT2D eigenvalue weighted by atomic mass is 16.7. The van der Waals surface area contributed by atoms with Crippen molar-refractivity contribution in [1.29, 1.82) is 0 Å². The number of rotatable bonds is 5. The van der Waals surface area contributed by atoms with E-state index in [0.717, 1.165) is 18.9 Å². The predicted octanol–water partition coefficient (Wildman–Crippen LogP) is 4.99. The Labute approximate surface area is 195 Å². The number of nitro groups is 2. The molecule has 2 aromatic rings. The van der Waals surface area contributed by atoms with Gasteiger partial charge in [0.05, 0.1) is 28.2 Å². The van der Waals surface area contributed by atoms with Crippen LogP contribution in [0.15, 0.2) is 59.7 Å². The monoisotopic (exact) mass is 464 g/mol. The molecule has 2 fully saturated rings. The molecule has 1 aliphatic carbocycles. The Bertz CT molecular complexity index is 1190. The lowest BCUT2D eigenvalue weighted by Gasteiger charge is -2.52. The van der Waals surface area contributed by atoms with Crippen LogP contribution in [0, 0.1) is 27.2 Å². The van der Waals surface area contributed by atoms with E-state index in [1.54, 1.807) is 0 Å². The van der Waals surface area contributed by atoms with E-state index in [0.29, 0.717) is 31.1 Å². The topological polar surface area (TPSA) is 129 Å². The molecule has 2 aromatic carbocycles. The minimum atomic E-state index is -0.767. The van der Waals surface area contributed by atoms with Crippen LogP contribution in [0.5, 0.6) is 0 Å². The van der Waals surface area contributed by atoms with E-state index >= 15 is 0 Å². The fourth-order valence-corrected chi connectivity index (χ4v) is 4.86. The van der Waals surface area contributed by atoms with Crippen LogP contribution in [0.4, 0.5) is 17.1 Å². The molecular formula is C24H24N4O6. The van der Waals surface area contributed by atoms with Crippen LogP contribution in [-0.2, 0) is 9.47 Å². The number of non-ortho nitro benzene ring substituents is 1. The molecule has 0 aromatic heterocycles. The van der Waals surface area contributed by atoms with Crippen molar-refractivity contribution in [3.05, 3.63) is 86.0 Å². The van der Waals surface area contributed by atoms with Crippen LogP contribution in [0.1, 0.15) is 42.7 Å². The van der Waals surface area contributed by atoms with Crippen molar-refractivity contribution < 1.29 is 19.3 Å². The maximum atomic E-state index is 11.5. The summed E-state index contributed by atoms with van der Waals surface area (Å²) in [5.74, 6) is -0.471. The number of aryl methyl sites for hydroxylation is 1. The van der Waals surface area contributed by atoms with Gasteiger partial charge in [0.25, 0.3) is 5.69 Å². The molecule has 1 saturated heterocycles. The summed E-state index contributed by atoms with van der Waals surface area (Å²) in [6, 6.07) is 11.9. The first-order chi connectivity index (χ1) is 16.3. The molecule has 1 saturated carbocycles. The second-order valence-corrected chi connectivity index (χ2v) is 9.03. The molecule has 0 amide bonds. The molecule has 10 heteroatoms. The number of benzene rings is 2. The van der Waals surface area contributed by atoms with Gasteiger partial charge in [0.1, 0.15) is 11.3 Å². The van der Waals surface area contributed by atoms with Gasteiger partial charge in [-0.25, -0.2) is 0 Å². The van der Waals surface area contributed by atoms with Crippen molar-refractivity contribution in [2.24, 2.45) is 5.10 Å². The summed E-state index contributed by atoms with van der Waals surface area (Å²) in [6.07, 6.45) is 6.79. The van der Waals surface area contributed by atoms with Crippen LogP contribution < -0.4 is 5.43 Å². The molecule has 2 heterocycles. The third-order valence-corrected chi connectivity index (χ3v) is 6.73. The fourth-order valence-electron chi connectivity index (χ4n) is 4.86. The molecule has 176 valence electrons. The normalized spacial score (nSPS) is 28.9. The maximum absolute atomic E-state index is 11.5. The minimum absolute atomic E-state index is 0.0680. The quantitative estimate of drug-likeness (QED) is 0.487. The van der Waals surface area contributed by atoms with Gasteiger partial charge in [-0.15, -0.1) is 0 Å². The zero-order valence-electron chi connectivity index (χ0n) is 18.6. The Hall–Kier alpha value is -3.63. The van der Waals surface area contributed by atoms with Crippen LogP contribution >= 0.6 is 0 Å². The van der Waals surface area contributed by atoms with Gasteiger partial charge in [0.15, 0.2) is 5.79 Å². The number of hydrogen-bond donors (Lipinski definition) is 1. The number of nitro benzene ring substituents is 2. The van der Waals surface area contributed by atoms with E-state index in [4.69, 9.17) is 9.47 Å². The predicted molar refractivity (Wildman–Crippen MR) is 125 cm³/mol. The van der Waals surface area contributed by atoms with E-state index in [-0.39, 0.29) is 11.4 Å². The lowest BCUT2D eigenvalue weighted by Crippen LogP contribution is -2.58. The first kappa shape index (κ1) is 22.2. The largest absolute Gasteiger partial charge is 0.346 e. The molecule has 0 radical (unpaired) electrons. The van der Waals surface area contributed by atoms with Crippen molar-refractivity contribution in [2.75, 3.05) is 12.0 Å². The van der Waals surface area contributed by atoms with Gasteiger partial charge in [-0.2, -0.15) is 5.10 Å². The van der Waals surface area contributed by atoms with E-state index in [1.165, 1.54) is 23.3 Å². The lowest BCUT2D eigenvalue weighted by atomic mass is 9.64. The maximum Gasteiger partial charge on any atom is 0.301 e. The molecule has 1 atom stereocenters. The highest BCUT2D eigenvalue weighted by Gasteiger charge is 2.56. The summed E-state index contributed by atoms with van der Waals surface area (Å²) >= 11 is 0. The van der Waals surface area contributed by atoms with Crippen LogP contribution in [0.3, 0.4) is 0 Å². The summed E-state index contributed by atoms with van der Waals surface area (Å²) in [6.45, 7) is 2.68. The molecule has 0 unspecified atom stereocenters. The summed E-state index contributed by atoms with van der Waals surface area (Å²) in [4.78, 5) is 21.1. The van der Waals surface area contributed by atoms with Crippen molar-refractivity contribution in [1.82, 2.24) is 0 Å². The van der Waals surface area contributed by atoms with Crippen LogP contribution in [0.25, 0.3) is 0 Å². The van der Waals surface area contributed by atoms with Gasteiger partial charge >= 0.3 is 5.69 Å². The van der Waals surface area contributed by atoms with E-state index in [1.807, 2.05) is 12.2 Å². The molecule has 34 heavy (non-hydrogen) atoms. The molecule has 3 aliphatic rings. The zero-order chi connectivity index (χ0) is 23.9. The van der Waals surface area contributed by atoms with Crippen molar-refractivity contribution in [3.8, 4) is 0 Å².